The number of carbonyl (C=O) groups is 2. The monoisotopic (exact) mass is 269 g/mol. The molecule has 2 N–H and O–H groups in total. The molecule has 1 saturated heterocycles. The summed E-state index contributed by atoms with van der Waals surface area (Å²) in [5.74, 6) is -0.918. The SMILES string of the molecule is CN(CC1CCCN1C)C(=O)NC1(C(=O)O)CCC1. The van der Waals surface area contributed by atoms with Gasteiger partial charge in [-0.3, -0.25) is 0 Å². The Morgan fingerprint density at radius 1 is 1.42 bits per heavy atom. The first-order valence-electron chi connectivity index (χ1n) is 6.91. The van der Waals surface area contributed by atoms with Crippen molar-refractivity contribution < 1.29 is 14.7 Å². The molecule has 1 aliphatic carbocycles. The summed E-state index contributed by atoms with van der Waals surface area (Å²) in [7, 11) is 3.80. The second kappa shape index (κ2) is 5.36. The van der Waals surface area contributed by atoms with Crippen LogP contribution in [0.25, 0.3) is 0 Å². The third kappa shape index (κ3) is 2.83. The number of amides is 2. The molecule has 0 bridgehead atoms. The van der Waals surface area contributed by atoms with E-state index in [9.17, 15) is 14.7 Å². The lowest BCUT2D eigenvalue weighted by Gasteiger charge is -2.39. The van der Waals surface area contributed by atoms with E-state index in [1.807, 2.05) is 0 Å². The summed E-state index contributed by atoms with van der Waals surface area (Å²) < 4.78 is 0. The van der Waals surface area contributed by atoms with Crippen LogP contribution in [-0.2, 0) is 4.79 Å². The highest BCUT2D eigenvalue weighted by atomic mass is 16.4. The molecular weight excluding hydrogens is 246 g/mol. The molecule has 1 saturated carbocycles. The normalized spacial score (nSPS) is 25.7. The first-order chi connectivity index (χ1) is 8.94. The van der Waals surface area contributed by atoms with Gasteiger partial charge in [-0.1, -0.05) is 0 Å². The third-order valence-corrected chi connectivity index (χ3v) is 4.47. The van der Waals surface area contributed by atoms with Gasteiger partial charge in [-0.05, 0) is 45.7 Å². The quantitative estimate of drug-likeness (QED) is 0.789. The molecule has 0 aromatic carbocycles. The summed E-state index contributed by atoms with van der Waals surface area (Å²) in [5.41, 5.74) is -1.02. The van der Waals surface area contributed by atoms with Crippen molar-refractivity contribution in [2.24, 2.45) is 0 Å². The van der Waals surface area contributed by atoms with E-state index in [2.05, 4.69) is 17.3 Å². The zero-order valence-corrected chi connectivity index (χ0v) is 11.7. The van der Waals surface area contributed by atoms with Crippen LogP contribution in [0.5, 0.6) is 0 Å². The number of aliphatic carboxylic acids is 1. The van der Waals surface area contributed by atoms with E-state index in [-0.39, 0.29) is 6.03 Å². The van der Waals surface area contributed by atoms with E-state index < -0.39 is 11.5 Å². The lowest BCUT2D eigenvalue weighted by atomic mass is 9.77. The van der Waals surface area contributed by atoms with E-state index >= 15 is 0 Å². The molecule has 0 aromatic heterocycles. The van der Waals surface area contributed by atoms with Gasteiger partial charge in [0.1, 0.15) is 5.54 Å². The number of rotatable bonds is 4. The van der Waals surface area contributed by atoms with Gasteiger partial charge < -0.3 is 20.2 Å². The van der Waals surface area contributed by atoms with E-state index in [1.165, 1.54) is 0 Å². The first kappa shape index (κ1) is 14.1. The Kier molecular flexibility index (Phi) is 3.99. The zero-order chi connectivity index (χ0) is 14.0. The Morgan fingerprint density at radius 2 is 2.11 bits per heavy atom. The number of likely N-dealkylation sites (tertiary alicyclic amines) is 1. The molecule has 1 heterocycles. The Hall–Kier alpha value is -1.30. The summed E-state index contributed by atoms with van der Waals surface area (Å²) in [6.07, 6.45) is 4.19. The van der Waals surface area contributed by atoms with Crippen molar-refractivity contribution in [2.45, 2.75) is 43.7 Å². The molecule has 2 rings (SSSR count). The van der Waals surface area contributed by atoms with Gasteiger partial charge in [-0.25, -0.2) is 9.59 Å². The molecule has 1 unspecified atom stereocenters. The minimum atomic E-state index is -1.02. The summed E-state index contributed by atoms with van der Waals surface area (Å²) >= 11 is 0. The van der Waals surface area contributed by atoms with Crippen molar-refractivity contribution >= 4 is 12.0 Å². The highest BCUT2D eigenvalue weighted by Gasteiger charge is 2.46. The van der Waals surface area contributed by atoms with Gasteiger partial charge in [0, 0.05) is 19.6 Å². The molecule has 2 fully saturated rings. The van der Waals surface area contributed by atoms with Crippen LogP contribution in [-0.4, -0.2) is 65.7 Å². The van der Waals surface area contributed by atoms with Gasteiger partial charge in [-0.2, -0.15) is 0 Å². The molecule has 1 aliphatic heterocycles. The number of likely N-dealkylation sites (N-methyl/N-ethyl adjacent to an activating group) is 2. The van der Waals surface area contributed by atoms with Gasteiger partial charge in [-0.15, -0.1) is 0 Å². The second-order valence-corrected chi connectivity index (χ2v) is 5.83. The van der Waals surface area contributed by atoms with Crippen molar-refractivity contribution in [1.82, 2.24) is 15.1 Å². The van der Waals surface area contributed by atoms with E-state index in [1.54, 1.807) is 11.9 Å². The Labute approximate surface area is 113 Å². The number of carboxylic acids is 1. The summed E-state index contributed by atoms with van der Waals surface area (Å²) in [4.78, 5) is 27.2. The number of urea groups is 1. The second-order valence-electron chi connectivity index (χ2n) is 5.83. The Morgan fingerprint density at radius 3 is 2.53 bits per heavy atom. The maximum atomic E-state index is 12.1. The molecule has 2 aliphatic rings. The molecule has 0 spiro atoms. The number of hydrogen-bond donors (Lipinski definition) is 2. The average Bonchev–Trinajstić information content (AvgIpc) is 2.68. The molecule has 6 nitrogen and oxygen atoms in total. The molecule has 1 atom stereocenters. The third-order valence-electron chi connectivity index (χ3n) is 4.47. The topological polar surface area (TPSA) is 72.9 Å². The summed E-state index contributed by atoms with van der Waals surface area (Å²) in [5, 5.41) is 11.9. The lowest BCUT2D eigenvalue weighted by molar-refractivity contribution is -0.148. The largest absolute Gasteiger partial charge is 0.480 e. The van der Waals surface area contributed by atoms with Crippen molar-refractivity contribution in [3.8, 4) is 0 Å². The van der Waals surface area contributed by atoms with Crippen LogP contribution in [0.1, 0.15) is 32.1 Å². The maximum Gasteiger partial charge on any atom is 0.329 e. The molecule has 6 heteroatoms. The first-order valence-corrected chi connectivity index (χ1v) is 6.91. The van der Waals surface area contributed by atoms with Crippen molar-refractivity contribution in [3.63, 3.8) is 0 Å². The van der Waals surface area contributed by atoms with E-state index in [4.69, 9.17) is 0 Å². The van der Waals surface area contributed by atoms with Gasteiger partial charge in [0.2, 0.25) is 0 Å². The van der Waals surface area contributed by atoms with Crippen LogP contribution in [0.15, 0.2) is 0 Å². The number of nitrogens with one attached hydrogen (secondary N) is 1. The minimum Gasteiger partial charge on any atom is -0.480 e. The fraction of sp³-hybridized carbons (Fsp3) is 0.846. The number of nitrogens with zero attached hydrogens (tertiary/aromatic N) is 2. The van der Waals surface area contributed by atoms with Crippen LogP contribution >= 0.6 is 0 Å². The lowest BCUT2D eigenvalue weighted by Crippen LogP contribution is -2.61. The van der Waals surface area contributed by atoms with Crippen LogP contribution in [0.4, 0.5) is 4.79 Å². The zero-order valence-electron chi connectivity index (χ0n) is 11.7. The van der Waals surface area contributed by atoms with Gasteiger partial charge in [0.15, 0.2) is 0 Å². The van der Waals surface area contributed by atoms with Crippen molar-refractivity contribution in [2.75, 3.05) is 27.2 Å². The fourth-order valence-corrected chi connectivity index (χ4v) is 2.83. The molecule has 2 amide bonds. The average molecular weight is 269 g/mol. The predicted octanol–water partition coefficient (Wildman–Crippen LogP) is 0.729. The Balaban J connectivity index is 1.87. The highest BCUT2D eigenvalue weighted by molar-refractivity contribution is 5.87. The summed E-state index contributed by atoms with van der Waals surface area (Å²) in [6.45, 7) is 1.72. The highest BCUT2D eigenvalue weighted by Crippen LogP contribution is 2.32. The number of hydrogen-bond acceptors (Lipinski definition) is 3. The van der Waals surface area contributed by atoms with E-state index in [0.717, 1.165) is 25.8 Å². The maximum absolute atomic E-state index is 12.1. The molecular formula is C13H23N3O3. The standard InChI is InChI=1S/C13H23N3O3/c1-15-8-3-5-10(15)9-16(2)12(19)14-13(11(17)18)6-4-7-13/h10H,3-9H2,1-2H3,(H,14,19)(H,17,18). The van der Waals surface area contributed by atoms with Crippen LogP contribution < -0.4 is 5.32 Å². The van der Waals surface area contributed by atoms with Crippen molar-refractivity contribution in [3.05, 3.63) is 0 Å². The molecule has 108 valence electrons. The van der Waals surface area contributed by atoms with Gasteiger partial charge >= 0.3 is 12.0 Å². The molecule has 0 radical (unpaired) electrons. The van der Waals surface area contributed by atoms with E-state index in [0.29, 0.717) is 25.4 Å². The molecule has 0 aromatic rings. The Bertz CT molecular complexity index is 368. The van der Waals surface area contributed by atoms with Crippen LogP contribution in [0.2, 0.25) is 0 Å². The molecule has 19 heavy (non-hydrogen) atoms. The van der Waals surface area contributed by atoms with Crippen molar-refractivity contribution in [1.29, 1.82) is 0 Å². The number of carboxylic acid groups (broad SMARTS) is 1. The fourth-order valence-electron chi connectivity index (χ4n) is 2.83. The predicted molar refractivity (Wildman–Crippen MR) is 71.0 cm³/mol. The minimum absolute atomic E-state index is 0.276. The van der Waals surface area contributed by atoms with Gasteiger partial charge in [0.05, 0.1) is 0 Å². The number of carbonyl (C=O) groups excluding carboxylic acids is 1. The van der Waals surface area contributed by atoms with Crippen LogP contribution in [0, 0.1) is 0 Å². The summed E-state index contributed by atoms with van der Waals surface area (Å²) in [6, 6.07) is 0.111. The smallest absolute Gasteiger partial charge is 0.329 e. The van der Waals surface area contributed by atoms with Crippen LogP contribution in [0.3, 0.4) is 0 Å². The van der Waals surface area contributed by atoms with Gasteiger partial charge in [0.25, 0.3) is 0 Å².